The molecule has 0 unspecified atom stereocenters. The minimum Gasteiger partial charge on any atom is -0.486 e. The number of ether oxygens (including phenoxy) is 1. The van der Waals surface area contributed by atoms with Gasteiger partial charge in [-0.05, 0) is 24.1 Å². The van der Waals surface area contributed by atoms with Crippen molar-refractivity contribution in [2.75, 3.05) is 6.61 Å². The molecule has 2 rings (SSSR count). The summed E-state index contributed by atoms with van der Waals surface area (Å²) in [4.78, 5) is 11.0. The van der Waals surface area contributed by atoms with Gasteiger partial charge in [0.2, 0.25) is 0 Å². The molecular formula is C16H16O2. The summed E-state index contributed by atoms with van der Waals surface area (Å²) in [5.74, 6) is 0.820. The highest BCUT2D eigenvalue weighted by molar-refractivity contribution is 5.77. The number of carbonyl (C=O) groups is 1. The van der Waals surface area contributed by atoms with Crippen molar-refractivity contribution in [3.05, 3.63) is 65.7 Å². The SMILES string of the molecule is CC(=O)COc1ccccc1Cc1ccccc1. The molecule has 18 heavy (non-hydrogen) atoms. The van der Waals surface area contributed by atoms with E-state index in [0.29, 0.717) is 0 Å². The molecule has 0 aliphatic rings. The lowest BCUT2D eigenvalue weighted by Crippen LogP contribution is -2.08. The number of benzene rings is 2. The zero-order valence-electron chi connectivity index (χ0n) is 10.4. The molecule has 0 saturated carbocycles. The summed E-state index contributed by atoms with van der Waals surface area (Å²) in [6.45, 7) is 1.66. The van der Waals surface area contributed by atoms with Gasteiger partial charge in [0.05, 0.1) is 0 Å². The first-order valence-corrected chi connectivity index (χ1v) is 6.00. The van der Waals surface area contributed by atoms with Crippen molar-refractivity contribution in [1.29, 1.82) is 0 Å². The molecule has 0 aromatic heterocycles. The first-order valence-electron chi connectivity index (χ1n) is 6.00. The monoisotopic (exact) mass is 240 g/mol. The van der Waals surface area contributed by atoms with Crippen molar-refractivity contribution in [2.45, 2.75) is 13.3 Å². The lowest BCUT2D eigenvalue weighted by molar-refractivity contribution is -0.118. The second-order valence-electron chi connectivity index (χ2n) is 4.26. The molecular weight excluding hydrogens is 224 g/mol. The molecule has 0 saturated heterocycles. The van der Waals surface area contributed by atoms with E-state index in [9.17, 15) is 4.79 Å². The highest BCUT2D eigenvalue weighted by atomic mass is 16.5. The van der Waals surface area contributed by atoms with Crippen LogP contribution >= 0.6 is 0 Å². The molecule has 0 amide bonds. The predicted molar refractivity (Wildman–Crippen MR) is 71.9 cm³/mol. The average Bonchev–Trinajstić information content (AvgIpc) is 2.39. The highest BCUT2D eigenvalue weighted by Crippen LogP contribution is 2.21. The molecule has 0 bridgehead atoms. The molecule has 0 radical (unpaired) electrons. The van der Waals surface area contributed by atoms with Crippen LogP contribution in [0, 0.1) is 0 Å². The Morgan fingerprint density at radius 2 is 1.67 bits per heavy atom. The van der Waals surface area contributed by atoms with Gasteiger partial charge in [-0.3, -0.25) is 4.79 Å². The van der Waals surface area contributed by atoms with E-state index in [0.717, 1.165) is 17.7 Å². The summed E-state index contributed by atoms with van der Waals surface area (Å²) in [7, 11) is 0. The van der Waals surface area contributed by atoms with Crippen molar-refractivity contribution in [2.24, 2.45) is 0 Å². The van der Waals surface area contributed by atoms with E-state index in [4.69, 9.17) is 4.74 Å². The van der Waals surface area contributed by atoms with E-state index >= 15 is 0 Å². The van der Waals surface area contributed by atoms with Crippen LogP contribution in [0.3, 0.4) is 0 Å². The Kier molecular flexibility index (Phi) is 4.13. The van der Waals surface area contributed by atoms with E-state index in [1.807, 2.05) is 42.5 Å². The summed E-state index contributed by atoms with van der Waals surface area (Å²) >= 11 is 0. The maximum atomic E-state index is 11.0. The number of carbonyl (C=O) groups excluding carboxylic acids is 1. The molecule has 2 aromatic rings. The molecule has 2 nitrogen and oxygen atoms in total. The first kappa shape index (κ1) is 12.4. The number of hydrogen-bond acceptors (Lipinski definition) is 2. The van der Waals surface area contributed by atoms with Crippen molar-refractivity contribution >= 4 is 5.78 Å². The molecule has 0 aliphatic carbocycles. The van der Waals surface area contributed by atoms with E-state index in [1.54, 1.807) is 0 Å². The Bertz CT molecular complexity index is 518. The summed E-state index contributed by atoms with van der Waals surface area (Å²) in [6.07, 6.45) is 0.814. The molecule has 2 heteroatoms. The molecule has 0 aliphatic heterocycles. The normalized spacial score (nSPS) is 10.1. The number of ketones is 1. The van der Waals surface area contributed by atoms with Gasteiger partial charge in [-0.25, -0.2) is 0 Å². The van der Waals surface area contributed by atoms with Gasteiger partial charge in [0.15, 0.2) is 5.78 Å². The summed E-state index contributed by atoms with van der Waals surface area (Å²) in [5, 5.41) is 0. The van der Waals surface area contributed by atoms with Gasteiger partial charge >= 0.3 is 0 Å². The third-order valence-electron chi connectivity index (χ3n) is 2.64. The van der Waals surface area contributed by atoms with Crippen LogP contribution in [0.5, 0.6) is 5.75 Å². The van der Waals surface area contributed by atoms with Crippen LogP contribution in [0.2, 0.25) is 0 Å². The largest absolute Gasteiger partial charge is 0.486 e. The lowest BCUT2D eigenvalue weighted by Gasteiger charge is -2.10. The average molecular weight is 240 g/mol. The van der Waals surface area contributed by atoms with Gasteiger partial charge in [-0.1, -0.05) is 48.5 Å². The Hall–Kier alpha value is -2.09. The van der Waals surface area contributed by atoms with Crippen LogP contribution in [-0.2, 0) is 11.2 Å². The minimum atomic E-state index is 0.0320. The van der Waals surface area contributed by atoms with E-state index in [1.165, 1.54) is 12.5 Å². The first-order chi connectivity index (χ1) is 8.75. The van der Waals surface area contributed by atoms with E-state index in [-0.39, 0.29) is 12.4 Å². The van der Waals surface area contributed by atoms with Crippen molar-refractivity contribution in [3.8, 4) is 5.75 Å². The zero-order chi connectivity index (χ0) is 12.8. The molecule has 2 aromatic carbocycles. The number of para-hydroxylation sites is 1. The predicted octanol–water partition coefficient (Wildman–Crippen LogP) is 3.25. The maximum Gasteiger partial charge on any atom is 0.167 e. The molecule has 0 N–H and O–H groups in total. The fraction of sp³-hybridized carbons (Fsp3) is 0.188. The molecule has 0 heterocycles. The van der Waals surface area contributed by atoms with Gasteiger partial charge < -0.3 is 4.74 Å². The number of rotatable bonds is 5. The van der Waals surface area contributed by atoms with Gasteiger partial charge in [0.1, 0.15) is 12.4 Å². The Labute approximate surface area is 107 Å². The Balaban J connectivity index is 2.14. The number of Topliss-reactive ketones (excluding diaryl/α,β-unsaturated/α-hetero) is 1. The minimum absolute atomic E-state index is 0.0320. The third-order valence-corrected chi connectivity index (χ3v) is 2.64. The lowest BCUT2D eigenvalue weighted by atomic mass is 10.0. The van der Waals surface area contributed by atoms with Crippen LogP contribution < -0.4 is 4.74 Å². The molecule has 0 spiro atoms. The van der Waals surface area contributed by atoms with Crippen molar-refractivity contribution < 1.29 is 9.53 Å². The van der Waals surface area contributed by atoms with Gasteiger partial charge in [-0.15, -0.1) is 0 Å². The second-order valence-corrected chi connectivity index (χ2v) is 4.26. The van der Waals surface area contributed by atoms with Gasteiger partial charge in [0.25, 0.3) is 0 Å². The summed E-state index contributed by atoms with van der Waals surface area (Å²) in [5.41, 5.74) is 2.33. The van der Waals surface area contributed by atoms with Crippen LogP contribution in [0.15, 0.2) is 54.6 Å². The molecule has 0 fully saturated rings. The van der Waals surface area contributed by atoms with E-state index < -0.39 is 0 Å². The van der Waals surface area contributed by atoms with Crippen molar-refractivity contribution in [3.63, 3.8) is 0 Å². The quantitative estimate of drug-likeness (QED) is 0.802. The Morgan fingerprint density at radius 3 is 2.39 bits per heavy atom. The van der Waals surface area contributed by atoms with Crippen LogP contribution in [0.25, 0.3) is 0 Å². The zero-order valence-corrected chi connectivity index (χ0v) is 10.4. The third kappa shape index (κ3) is 3.45. The fourth-order valence-electron chi connectivity index (χ4n) is 1.79. The second kappa shape index (κ2) is 6.01. The fourth-order valence-corrected chi connectivity index (χ4v) is 1.79. The molecule has 92 valence electrons. The maximum absolute atomic E-state index is 11.0. The standard InChI is InChI=1S/C16H16O2/c1-13(17)12-18-16-10-6-5-9-15(16)11-14-7-3-2-4-8-14/h2-10H,11-12H2,1H3. The topological polar surface area (TPSA) is 26.3 Å². The summed E-state index contributed by atoms with van der Waals surface area (Å²) in [6, 6.07) is 18.1. The molecule has 0 atom stereocenters. The van der Waals surface area contributed by atoms with Crippen LogP contribution in [-0.4, -0.2) is 12.4 Å². The van der Waals surface area contributed by atoms with Crippen LogP contribution in [0.4, 0.5) is 0 Å². The van der Waals surface area contributed by atoms with Crippen LogP contribution in [0.1, 0.15) is 18.1 Å². The summed E-state index contributed by atoms with van der Waals surface area (Å²) < 4.78 is 5.52. The number of hydrogen-bond donors (Lipinski definition) is 0. The highest BCUT2D eigenvalue weighted by Gasteiger charge is 2.04. The smallest absolute Gasteiger partial charge is 0.167 e. The van der Waals surface area contributed by atoms with Crippen molar-refractivity contribution in [1.82, 2.24) is 0 Å². The van der Waals surface area contributed by atoms with Gasteiger partial charge in [-0.2, -0.15) is 0 Å². The Morgan fingerprint density at radius 1 is 1.00 bits per heavy atom. The van der Waals surface area contributed by atoms with E-state index in [2.05, 4.69) is 12.1 Å². The van der Waals surface area contributed by atoms with Gasteiger partial charge in [0, 0.05) is 6.42 Å².